The topological polar surface area (TPSA) is 21.3 Å². The fourth-order valence-electron chi connectivity index (χ4n) is 2.10. The van der Waals surface area contributed by atoms with Gasteiger partial charge in [0.2, 0.25) is 0 Å². The molecule has 0 radical (unpaired) electrons. The largest absolute Gasteiger partial charge is 0.496 e. The van der Waals surface area contributed by atoms with Crippen molar-refractivity contribution in [3.05, 3.63) is 47.2 Å². The van der Waals surface area contributed by atoms with Crippen LogP contribution in [-0.2, 0) is 11.2 Å². The molecule has 2 rings (SSSR count). The summed E-state index contributed by atoms with van der Waals surface area (Å²) in [5.74, 6) is 1.10. The highest BCUT2D eigenvalue weighted by atomic mass is 16.5. The van der Waals surface area contributed by atoms with E-state index >= 15 is 0 Å². The predicted octanol–water partition coefficient (Wildman–Crippen LogP) is 2.43. The minimum atomic E-state index is 0.310. The van der Waals surface area contributed by atoms with Gasteiger partial charge in [0, 0.05) is 6.42 Å². The first kappa shape index (κ1) is 11.2. The number of ether oxygens (including phenoxy) is 1. The van der Waals surface area contributed by atoms with Gasteiger partial charge in [0.15, 0.2) is 0 Å². The zero-order valence-electron chi connectivity index (χ0n) is 9.99. The second-order valence-electron chi connectivity index (χ2n) is 4.28. The molecule has 0 spiro atoms. The molecule has 1 unspecified atom stereocenters. The van der Waals surface area contributed by atoms with Crippen molar-refractivity contribution in [1.82, 2.24) is 5.32 Å². The third-order valence-electron chi connectivity index (χ3n) is 2.95. The van der Waals surface area contributed by atoms with Crippen LogP contribution >= 0.6 is 0 Å². The van der Waals surface area contributed by atoms with Gasteiger partial charge >= 0.3 is 0 Å². The lowest BCUT2D eigenvalue weighted by Gasteiger charge is -2.17. The minimum Gasteiger partial charge on any atom is -0.496 e. The summed E-state index contributed by atoms with van der Waals surface area (Å²) in [6, 6.07) is 8.96. The monoisotopic (exact) mass is 217 g/mol. The van der Waals surface area contributed by atoms with E-state index in [0.717, 1.165) is 25.2 Å². The molecule has 1 atom stereocenters. The van der Waals surface area contributed by atoms with Crippen molar-refractivity contribution in [2.75, 3.05) is 13.7 Å². The second-order valence-corrected chi connectivity index (χ2v) is 4.28. The Morgan fingerprint density at radius 3 is 2.94 bits per heavy atom. The van der Waals surface area contributed by atoms with Crippen LogP contribution in [0.15, 0.2) is 36.1 Å². The van der Waals surface area contributed by atoms with Crippen molar-refractivity contribution in [3.8, 4) is 0 Å². The van der Waals surface area contributed by atoms with Crippen LogP contribution in [0.4, 0.5) is 0 Å². The minimum absolute atomic E-state index is 0.310. The summed E-state index contributed by atoms with van der Waals surface area (Å²) >= 11 is 0. The third kappa shape index (κ3) is 2.64. The van der Waals surface area contributed by atoms with Crippen molar-refractivity contribution in [2.45, 2.75) is 25.8 Å². The van der Waals surface area contributed by atoms with Crippen LogP contribution in [0.1, 0.15) is 17.5 Å². The Morgan fingerprint density at radius 2 is 2.31 bits per heavy atom. The lowest BCUT2D eigenvalue weighted by molar-refractivity contribution is 0.217. The smallest absolute Gasteiger partial charge is 0.109 e. The van der Waals surface area contributed by atoms with Gasteiger partial charge in [0.25, 0.3) is 0 Å². The molecule has 86 valence electrons. The van der Waals surface area contributed by atoms with Crippen molar-refractivity contribution in [3.63, 3.8) is 0 Å². The molecule has 0 bridgehead atoms. The molecule has 1 aromatic rings. The van der Waals surface area contributed by atoms with Crippen LogP contribution < -0.4 is 5.32 Å². The van der Waals surface area contributed by atoms with Gasteiger partial charge < -0.3 is 10.1 Å². The number of hydrogen-bond acceptors (Lipinski definition) is 2. The van der Waals surface area contributed by atoms with Crippen LogP contribution in [-0.4, -0.2) is 19.7 Å². The average Bonchev–Trinajstić information content (AvgIpc) is 2.79. The highest BCUT2D eigenvalue weighted by molar-refractivity contribution is 5.24. The number of likely N-dealkylation sites (N-methyl/N-ethyl adjacent to an activating group) is 1. The maximum atomic E-state index is 5.61. The molecule has 1 N–H and O–H groups in total. The Bertz CT molecular complexity index is 384. The van der Waals surface area contributed by atoms with Crippen molar-refractivity contribution < 1.29 is 4.74 Å². The molecule has 0 saturated heterocycles. The van der Waals surface area contributed by atoms with E-state index in [1.54, 1.807) is 0 Å². The summed E-state index contributed by atoms with van der Waals surface area (Å²) < 4.78 is 5.61. The van der Waals surface area contributed by atoms with Crippen LogP contribution in [0.25, 0.3) is 0 Å². The first-order chi connectivity index (χ1) is 7.79. The molecular weight excluding hydrogens is 198 g/mol. The van der Waals surface area contributed by atoms with Crippen LogP contribution in [0.2, 0.25) is 0 Å². The lowest BCUT2D eigenvalue weighted by Crippen LogP contribution is -2.30. The van der Waals surface area contributed by atoms with Crippen molar-refractivity contribution in [1.29, 1.82) is 0 Å². The molecule has 0 aromatic heterocycles. The van der Waals surface area contributed by atoms with Gasteiger partial charge in [-0.05, 0) is 32.0 Å². The Labute approximate surface area is 97.3 Å². The average molecular weight is 217 g/mol. The van der Waals surface area contributed by atoms with Gasteiger partial charge in [0.05, 0.1) is 12.6 Å². The number of benzene rings is 1. The fraction of sp³-hybridized carbons (Fsp3) is 0.429. The van der Waals surface area contributed by atoms with Gasteiger partial charge in [-0.1, -0.05) is 29.8 Å². The Balaban J connectivity index is 2.06. The van der Waals surface area contributed by atoms with Gasteiger partial charge in [-0.15, -0.1) is 0 Å². The molecular formula is C14H19NO. The SMILES string of the molecule is CNC(Cc1cccc(C)c1)C1=CCCO1. The fourth-order valence-corrected chi connectivity index (χ4v) is 2.10. The van der Waals surface area contributed by atoms with E-state index in [-0.39, 0.29) is 0 Å². The number of rotatable bonds is 4. The summed E-state index contributed by atoms with van der Waals surface area (Å²) in [6.07, 6.45) is 4.22. The molecule has 0 aliphatic carbocycles. The van der Waals surface area contributed by atoms with Crippen molar-refractivity contribution in [2.24, 2.45) is 0 Å². The second kappa shape index (κ2) is 5.17. The molecule has 0 fully saturated rings. The van der Waals surface area contributed by atoms with E-state index < -0.39 is 0 Å². The molecule has 1 heterocycles. The highest BCUT2D eigenvalue weighted by Crippen LogP contribution is 2.17. The normalized spacial score (nSPS) is 16.8. The van der Waals surface area contributed by atoms with Crippen LogP contribution in [0, 0.1) is 6.92 Å². The van der Waals surface area contributed by atoms with E-state index in [1.165, 1.54) is 11.1 Å². The Kier molecular flexibility index (Phi) is 3.62. The molecule has 0 amide bonds. The Morgan fingerprint density at radius 1 is 1.44 bits per heavy atom. The van der Waals surface area contributed by atoms with E-state index in [2.05, 4.69) is 42.6 Å². The maximum Gasteiger partial charge on any atom is 0.109 e. The highest BCUT2D eigenvalue weighted by Gasteiger charge is 2.17. The lowest BCUT2D eigenvalue weighted by atomic mass is 10.0. The first-order valence-corrected chi connectivity index (χ1v) is 5.85. The number of hydrogen-bond donors (Lipinski definition) is 1. The quantitative estimate of drug-likeness (QED) is 0.836. The summed E-state index contributed by atoms with van der Waals surface area (Å²) in [5, 5.41) is 3.32. The summed E-state index contributed by atoms with van der Waals surface area (Å²) in [6.45, 7) is 2.96. The summed E-state index contributed by atoms with van der Waals surface area (Å²) in [4.78, 5) is 0. The van der Waals surface area contributed by atoms with Crippen LogP contribution in [0.5, 0.6) is 0 Å². The maximum absolute atomic E-state index is 5.61. The molecule has 1 aliphatic heterocycles. The van der Waals surface area contributed by atoms with Gasteiger partial charge in [-0.2, -0.15) is 0 Å². The first-order valence-electron chi connectivity index (χ1n) is 5.85. The van der Waals surface area contributed by atoms with E-state index in [0.29, 0.717) is 6.04 Å². The van der Waals surface area contributed by atoms with E-state index in [4.69, 9.17) is 4.74 Å². The number of nitrogens with one attached hydrogen (secondary N) is 1. The molecule has 2 nitrogen and oxygen atoms in total. The van der Waals surface area contributed by atoms with E-state index in [9.17, 15) is 0 Å². The summed E-state index contributed by atoms with van der Waals surface area (Å²) in [5.41, 5.74) is 2.67. The third-order valence-corrected chi connectivity index (χ3v) is 2.95. The zero-order valence-corrected chi connectivity index (χ0v) is 9.99. The molecule has 0 saturated carbocycles. The van der Waals surface area contributed by atoms with E-state index in [1.807, 2.05) is 7.05 Å². The standard InChI is InChI=1S/C14H19NO/c1-11-5-3-6-12(9-11)10-13(15-2)14-7-4-8-16-14/h3,5-7,9,13,15H,4,8,10H2,1-2H3. The van der Waals surface area contributed by atoms with Gasteiger partial charge in [-0.3, -0.25) is 0 Å². The molecule has 1 aliphatic rings. The Hall–Kier alpha value is -1.28. The zero-order chi connectivity index (χ0) is 11.4. The van der Waals surface area contributed by atoms with Gasteiger partial charge in [0.1, 0.15) is 5.76 Å². The summed E-state index contributed by atoms with van der Waals surface area (Å²) in [7, 11) is 1.99. The molecule has 2 heteroatoms. The van der Waals surface area contributed by atoms with Crippen molar-refractivity contribution >= 4 is 0 Å². The van der Waals surface area contributed by atoms with Gasteiger partial charge in [-0.25, -0.2) is 0 Å². The molecule has 1 aromatic carbocycles. The number of aryl methyl sites for hydroxylation is 1. The predicted molar refractivity (Wildman–Crippen MR) is 66.4 cm³/mol. The molecule has 16 heavy (non-hydrogen) atoms. The van der Waals surface area contributed by atoms with Crippen LogP contribution in [0.3, 0.4) is 0 Å².